The van der Waals surface area contributed by atoms with Crippen LogP contribution in [0.2, 0.25) is 0 Å². The summed E-state index contributed by atoms with van der Waals surface area (Å²) in [6, 6.07) is 5.90. The zero-order valence-electron chi connectivity index (χ0n) is 11.1. The van der Waals surface area contributed by atoms with Crippen LogP contribution in [0.3, 0.4) is 0 Å². The highest BCUT2D eigenvalue weighted by atomic mass is 35.5. The number of hydrogen-bond donors (Lipinski definition) is 2. The van der Waals surface area contributed by atoms with Crippen LogP contribution in [0.15, 0.2) is 29.2 Å². The van der Waals surface area contributed by atoms with E-state index >= 15 is 0 Å². The Labute approximate surface area is 123 Å². The molecule has 0 aliphatic rings. The average molecular weight is 321 g/mol. The minimum atomic E-state index is -3.57. The van der Waals surface area contributed by atoms with Gasteiger partial charge < -0.3 is 10.1 Å². The number of carbonyl (C=O) groups excluding carboxylic acids is 1. The summed E-state index contributed by atoms with van der Waals surface area (Å²) < 4.78 is 31.3. The molecule has 0 aliphatic heterocycles. The first-order valence-corrected chi connectivity index (χ1v) is 7.98. The van der Waals surface area contributed by atoms with E-state index in [2.05, 4.69) is 10.0 Å². The number of alkyl halides is 1. The molecule has 1 aromatic carbocycles. The van der Waals surface area contributed by atoms with Gasteiger partial charge in [0.1, 0.15) is 0 Å². The number of hydrogen-bond acceptors (Lipinski definition) is 4. The van der Waals surface area contributed by atoms with Gasteiger partial charge in [0.2, 0.25) is 15.9 Å². The Morgan fingerprint density at radius 1 is 1.25 bits per heavy atom. The Hall–Kier alpha value is -1.15. The topological polar surface area (TPSA) is 84.5 Å². The zero-order chi connectivity index (χ0) is 15.0. The SMILES string of the molecule is CC(=O)Nc1ccc(S(=O)(=O)NCCOCCCl)cc1. The van der Waals surface area contributed by atoms with Gasteiger partial charge in [-0.05, 0) is 24.3 Å². The van der Waals surface area contributed by atoms with E-state index in [-0.39, 0.29) is 24.0 Å². The first kappa shape index (κ1) is 16.9. The summed E-state index contributed by atoms with van der Waals surface area (Å²) in [5.41, 5.74) is 0.543. The van der Waals surface area contributed by atoms with E-state index in [0.29, 0.717) is 18.2 Å². The molecule has 112 valence electrons. The first-order chi connectivity index (χ1) is 9.45. The van der Waals surface area contributed by atoms with Crippen molar-refractivity contribution in [2.75, 3.05) is 31.0 Å². The highest BCUT2D eigenvalue weighted by Crippen LogP contribution is 2.13. The van der Waals surface area contributed by atoms with Gasteiger partial charge in [-0.15, -0.1) is 11.6 Å². The molecule has 2 N–H and O–H groups in total. The second kappa shape index (κ2) is 8.21. The van der Waals surface area contributed by atoms with Crippen molar-refractivity contribution in [3.05, 3.63) is 24.3 Å². The van der Waals surface area contributed by atoms with Crippen LogP contribution in [-0.2, 0) is 19.6 Å². The van der Waals surface area contributed by atoms with Crippen molar-refractivity contribution in [2.24, 2.45) is 0 Å². The summed E-state index contributed by atoms with van der Waals surface area (Å²) in [7, 11) is -3.57. The number of halogens is 1. The molecule has 0 atom stereocenters. The number of nitrogens with one attached hydrogen (secondary N) is 2. The predicted octanol–water partition coefficient (Wildman–Crippen LogP) is 1.18. The van der Waals surface area contributed by atoms with Gasteiger partial charge in [-0.2, -0.15) is 0 Å². The average Bonchev–Trinajstić information content (AvgIpc) is 2.38. The molecule has 8 heteroatoms. The third kappa shape index (κ3) is 5.87. The van der Waals surface area contributed by atoms with Gasteiger partial charge in [0.05, 0.1) is 18.1 Å². The van der Waals surface area contributed by atoms with Crippen LogP contribution in [0.4, 0.5) is 5.69 Å². The van der Waals surface area contributed by atoms with Gasteiger partial charge >= 0.3 is 0 Å². The van der Waals surface area contributed by atoms with E-state index in [1.54, 1.807) is 0 Å². The standard InChI is InChI=1S/C12H17ClN2O4S/c1-10(16)15-11-2-4-12(5-3-11)20(17,18)14-7-9-19-8-6-13/h2-5,14H,6-9H2,1H3,(H,15,16). The summed E-state index contributed by atoms with van der Waals surface area (Å²) in [5.74, 6) is 0.160. The number of carbonyl (C=O) groups is 1. The fraction of sp³-hybridized carbons (Fsp3) is 0.417. The molecule has 0 bridgehead atoms. The molecule has 1 aromatic rings. The molecule has 0 aliphatic carbocycles. The minimum Gasteiger partial charge on any atom is -0.379 e. The fourth-order valence-corrected chi connectivity index (χ4v) is 2.53. The van der Waals surface area contributed by atoms with Crippen LogP contribution in [0.5, 0.6) is 0 Å². The quantitative estimate of drug-likeness (QED) is 0.556. The Bertz CT molecular complexity index is 531. The number of ether oxygens (including phenoxy) is 1. The zero-order valence-corrected chi connectivity index (χ0v) is 12.6. The molecule has 6 nitrogen and oxygen atoms in total. The van der Waals surface area contributed by atoms with Gasteiger partial charge in [0.15, 0.2) is 0 Å². The Kier molecular flexibility index (Phi) is 6.94. The van der Waals surface area contributed by atoms with Crippen molar-refractivity contribution in [2.45, 2.75) is 11.8 Å². The number of benzene rings is 1. The minimum absolute atomic E-state index is 0.129. The normalized spacial score (nSPS) is 11.3. The van der Waals surface area contributed by atoms with E-state index < -0.39 is 10.0 Å². The highest BCUT2D eigenvalue weighted by molar-refractivity contribution is 7.89. The van der Waals surface area contributed by atoms with Crippen LogP contribution >= 0.6 is 11.6 Å². The smallest absolute Gasteiger partial charge is 0.240 e. The molecule has 0 saturated carbocycles. The molecule has 1 amide bonds. The predicted molar refractivity (Wildman–Crippen MR) is 77.5 cm³/mol. The first-order valence-electron chi connectivity index (χ1n) is 5.97. The number of amides is 1. The monoisotopic (exact) mass is 320 g/mol. The molecule has 0 unspecified atom stereocenters. The van der Waals surface area contributed by atoms with Gasteiger partial charge in [-0.3, -0.25) is 4.79 Å². The fourth-order valence-electron chi connectivity index (χ4n) is 1.41. The Morgan fingerprint density at radius 2 is 1.90 bits per heavy atom. The van der Waals surface area contributed by atoms with E-state index in [0.717, 1.165) is 0 Å². The molecule has 20 heavy (non-hydrogen) atoms. The van der Waals surface area contributed by atoms with Crippen molar-refractivity contribution < 1.29 is 17.9 Å². The van der Waals surface area contributed by atoms with Crippen LogP contribution in [0.25, 0.3) is 0 Å². The van der Waals surface area contributed by atoms with Crippen molar-refractivity contribution in [1.82, 2.24) is 4.72 Å². The molecule has 0 spiro atoms. The summed E-state index contributed by atoms with van der Waals surface area (Å²) in [5, 5.41) is 2.56. The maximum absolute atomic E-state index is 11.9. The molecule has 0 fully saturated rings. The van der Waals surface area contributed by atoms with Crippen LogP contribution < -0.4 is 10.0 Å². The van der Waals surface area contributed by atoms with Crippen molar-refractivity contribution in [1.29, 1.82) is 0 Å². The summed E-state index contributed by atoms with van der Waals surface area (Å²) in [6.45, 7) is 2.20. The van der Waals surface area contributed by atoms with Crippen molar-refractivity contribution >= 4 is 33.2 Å². The lowest BCUT2D eigenvalue weighted by molar-refractivity contribution is -0.114. The Morgan fingerprint density at radius 3 is 2.45 bits per heavy atom. The van der Waals surface area contributed by atoms with E-state index in [1.165, 1.54) is 31.2 Å². The van der Waals surface area contributed by atoms with E-state index in [4.69, 9.17) is 16.3 Å². The Balaban J connectivity index is 2.56. The van der Waals surface area contributed by atoms with Gasteiger partial charge in [0, 0.05) is 25.0 Å². The highest BCUT2D eigenvalue weighted by Gasteiger charge is 2.13. The van der Waals surface area contributed by atoms with Crippen LogP contribution in [0.1, 0.15) is 6.92 Å². The third-order valence-electron chi connectivity index (χ3n) is 2.24. The molecule has 0 heterocycles. The van der Waals surface area contributed by atoms with Gasteiger partial charge in [-0.25, -0.2) is 13.1 Å². The van der Waals surface area contributed by atoms with E-state index in [9.17, 15) is 13.2 Å². The molecule has 1 rings (SSSR count). The lowest BCUT2D eigenvalue weighted by Gasteiger charge is -2.08. The largest absolute Gasteiger partial charge is 0.379 e. The van der Waals surface area contributed by atoms with Crippen LogP contribution in [0, 0.1) is 0 Å². The number of sulfonamides is 1. The summed E-state index contributed by atoms with van der Waals surface area (Å²) in [4.78, 5) is 11.0. The molecule has 0 aromatic heterocycles. The third-order valence-corrected chi connectivity index (χ3v) is 3.88. The summed E-state index contributed by atoms with van der Waals surface area (Å²) >= 11 is 5.42. The van der Waals surface area contributed by atoms with Gasteiger partial charge in [0.25, 0.3) is 0 Å². The van der Waals surface area contributed by atoms with Gasteiger partial charge in [-0.1, -0.05) is 0 Å². The number of anilines is 1. The number of rotatable bonds is 8. The lowest BCUT2D eigenvalue weighted by Crippen LogP contribution is -2.27. The second-order valence-corrected chi connectivity index (χ2v) is 6.05. The van der Waals surface area contributed by atoms with Crippen molar-refractivity contribution in [3.8, 4) is 0 Å². The van der Waals surface area contributed by atoms with Crippen LogP contribution in [-0.4, -0.2) is 40.0 Å². The summed E-state index contributed by atoms with van der Waals surface area (Å²) in [6.07, 6.45) is 0. The van der Waals surface area contributed by atoms with Crippen molar-refractivity contribution in [3.63, 3.8) is 0 Å². The molecule has 0 saturated heterocycles. The molecule has 0 radical (unpaired) electrons. The lowest BCUT2D eigenvalue weighted by atomic mass is 10.3. The molecular weight excluding hydrogens is 304 g/mol. The van der Waals surface area contributed by atoms with E-state index in [1.807, 2.05) is 0 Å². The second-order valence-electron chi connectivity index (χ2n) is 3.90. The molecular formula is C12H17ClN2O4S. The maximum atomic E-state index is 11.9. The maximum Gasteiger partial charge on any atom is 0.240 e.